The molecule has 0 aliphatic carbocycles. The first-order valence-corrected chi connectivity index (χ1v) is 8.13. The van der Waals surface area contributed by atoms with Crippen LogP contribution in [0.4, 0.5) is 11.4 Å². The quantitative estimate of drug-likeness (QED) is 0.747. The Bertz CT molecular complexity index is 542. The summed E-state index contributed by atoms with van der Waals surface area (Å²) in [6.07, 6.45) is 1.08. The Labute approximate surface area is 135 Å². The van der Waals surface area contributed by atoms with Crippen molar-refractivity contribution in [3.8, 4) is 0 Å². The number of rotatable bonds is 5. The van der Waals surface area contributed by atoms with E-state index in [0.717, 1.165) is 31.7 Å². The highest BCUT2D eigenvalue weighted by molar-refractivity contribution is 5.68. The molecule has 1 aromatic rings. The molecule has 1 aromatic carbocycles. The molecular formula is C19H29N3. The van der Waals surface area contributed by atoms with Crippen LogP contribution in [0.1, 0.15) is 34.1 Å². The van der Waals surface area contributed by atoms with Crippen LogP contribution in [0.25, 0.3) is 0 Å². The molecule has 1 aliphatic rings. The molecule has 120 valence electrons. The normalized spacial score (nSPS) is 18.6. The number of hydrogen-bond acceptors (Lipinski definition) is 3. The van der Waals surface area contributed by atoms with E-state index in [0.29, 0.717) is 5.92 Å². The van der Waals surface area contributed by atoms with Gasteiger partial charge in [0.05, 0.1) is 11.4 Å². The molecule has 3 nitrogen and oxygen atoms in total. The summed E-state index contributed by atoms with van der Waals surface area (Å²) in [4.78, 5) is 9.02. The third-order valence-corrected chi connectivity index (χ3v) is 4.41. The van der Waals surface area contributed by atoms with E-state index >= 15 is 0 Å². The van der Waals surface area contributed by atoms with E-state index in [1.54, 1.807) is 0 Å². The Morgan fingerprint density at radius 1 is 1.32 bits per heavy atom. The predicted molar refractivity (Wildman–Crippen MR) is 97.2 cm³/mol. The zero-order valence-electron chi connectivity index (χ0n) is 14.5. The fourth-order valence-corrected chi connectivity index (χ4v) is 3.34. The molecule has 0 saturated carbocycles. The summed E-state index contributed by atoms with van der Waals surface area (Å²) in [7, 11) is 0. The highest BCUT2D eigenvalue weighted by Gasteiger charge is 2.33. The summed E-state index contributed by atoms with van der Waals surface area (Å²) in [6.45, 7) is 20.0. The monoisotopic (exact) mass is 299 g/mol. The minimum atomic E-state index is 0.156. The Morgan fingerprint density at radius 3 is 2.55 bits per heavy atom. The van der Waals surface area contributed by atoms with Crippen molar-refractivity contribution in [1.29, 1.82) is 0 Å². The number of para-hydroxylation sites is 2. The van der Waals surface area contributed by atoms with Crippen molar-refractivity contribution in [2.24, 2.45) is 10.9 Å². The Balaban J connectivity index is 2.12. The van der Waals surface area contributed by atoms with Gasteiger partial charge < -0.3 is 9.80 Å². The third-order valence-electron chi connectivity index (χ3n) is 4.41. The predicted octanol–water partition coefficient (Wildman–Crippen LogP) is 4.48. The SMILES string of the molecule is C=Nc1ccccc1N(CC)CC1CC(=C)N(C(C)(C)C)C1. The first-order valence-electron chi connectivity index (χ1n) is 8.13. The number of benzene rings is 1. The van der Waals surface area contributed by atoms with E-state index in [1.807, 2.05) is 12.1 Å². The molecule has 1 atom stereocenters. The van der Waals surface area contributed by atoms with Crippen LogP contribution in [0.15, 0.2) is 41.5 Å². The summed E-state index contributed by atoms with van der Waals surface area (Å²) in [6, 6.07) is 8.25. The van der Waals surface area contributed by atoms with E-state index in [4.69, 9.17) is 0 Å². The topological polar surface area (TPSA) is 18.8 Å². The van der Waals surface area contributed by atoms with Crippen LogP contribution in [0.3, 0.4) is 0 Å². The van der Waals surface area contributed by atoms with Gasteiger partial charge >= 0.3 is 0 Å². The average molecular weight is 299 g/mol. The lowest BCUT2D eigenvalue weighted by atomic mass is 10.1. The van der Waals surface area contributed by atoms with Crippen LogP contribution in [-0.2, 0) is 0 Å². The zero-order chi connectivity index (χ0) is 16.3. The van der Waals surface area contributed by atoms with Crippen molar-refractivity contribution < 1.29 is 0 Å². The second-order valence-corrected chi connectivity index (χ2v) is 7.10. The molecule has 0 spiro atoms. The Hall–Kier alpha value is -1.77. The van der Waals surface area contributed by atoms with Gasteiger partial charge in [0.25, 0.3) is 0 Å². The van der Waals surface area contributed by atoms with E-state index in [2.05, 4.69) is 67.9 Å². The van der Waals surface area contributed by atoms with Crippen molar-refractivity contribution in [3.05, 3.63) is 36.5 Å². The molecule has 0 aromatic heterocycles. The molecule has 1 heterocycles. The van der Waals surface area contributed by atoms with Gasteiger partial charge in [0, 0.05) is 30.9 Å². The highest BCUT2D eigenvalue weighted by atomic mass is 15.2. The largest absolute Gasteiger partial charge is 0.370 e. The highest BCUT2D eigenvalue weighted by Crippen LogP contribution is 2.34. The fourth-order valence-electron chi connectivity index (χ4n) is 3.34. The molecule has 0 amide bonds. The molecule has 1 fully saturated rings. The standard InChI is InChI=1S/C19H29N3/c1-7-21(18-11-9-8-10-17(18)20-6)13-16-12-15(2)22(14-16)19(3,4)5/h8-11,16H,2,6-7,12-14H2,1,3-5H3. The fraction of sp³-hybridized carbons (Fsp3) is 0.526. The number of anilines is 1. The molecule has 1 saturated heterocycles. The molecule has 0 radical (unpaired) electrons. The van der Waals surface area contributed by atoms with Crippen molar-refractivity contribution >= 4 is 18.1 Å². The van der Waals surface area contributed by atoms with Crippen molar-refractivity contribution in [2.75, 3.05) is 24.5 Å². The van der Waals surface area contributed by atoms with Crippen molar-refractivity contribution in [3.63, 3.8) is 0 Å². The van der Waals surface area contributed by atoms with Gasteiger partial charge in [-0.2, -0.15) is 0 Å². The van der Waals surface area contributed by atoms with Crippen LogP contribution in [-0.4, -0.2) is 36.8 Å². The maximum absolute atomic E-state index is 4.27. The minimum Gasteiger partial charge on any atom is -0.370 e. The molecule has 1 aliphatic heterocycles. The number of aliphatic imine (C=N–C) groups is 1. The van der Waals surface area contributed by atoms with E-state index < -0.39 is 0 Å². The van der Waals surface area contributed by atoms with Gasteiger partial charge in [0.1, 0.15) is 0 Å². The molecule has 0 N–H and O–H groups in total. The van der Waals surface area contributed by atoms with Crippen LogP contribution in [0.2, 0.25) is 0 Å². The molecule has 0 bridgehead atoms. The molecule has 2 rings (SSSR count). The first-order chi connectivity index (χ1) is 10.4. The second-order valence-electron chi connectivity index (χ2n) is 7.10. The van der Waals surface area contributed by atoms with Gasteiger partial charge in [-0.1, -0.05) is 18.7 Å². The smallest absolute Gasteiger partial charge is 0.0855 e. The van der Waals surface area contributed by atoms with E-state index in [1.165, 1.54) is 11.4 Å². The maximum Gasteiger partial charge on any atom is 0.0855 e. The van der Waals surface area contributed by atoms with Gasteiger partial charge in [0.15, 0.2) is 0 Å². The zero-order valence-corrected chi connectivity index (χ0v) is 14.5. The number of likely N-dealkylation sites (tertiary alicyclic amines) is 1. The van der Waals surface area contributed by atoms with Gasteiger partial charge in [0.2, 0.25) is 0 Å². The molecule has 3 heteroatoms. The third kappa shape index (κ3) is 3.52. The second kappa shape index (κ2) is 6.55. The van der Waals surface area contributed by atoms with Crippen LogP contribution < -0.4 is 4.90 Å². The maximum atomic E-state index is 4.27. The summed E-state index contributed by atoms with van der Waals surface area (Å²) in [5.41, 5.74) is 3.57. The van der Waals surface area contributed by atoms with Gasteiger partial charge in [-0.3, -0.25) is 4.99 Å². The van der Waals surface area contributed by atoms with Crippen LogP contribution >= 0.6 is 0 Å². The van der Waals surface area contributed by atoms with Crippen molar-refractivity contribution in [2.45, 2.75) is 39.7 Å². The molecule has 22 heavy (non-hydrogen) atoms. The summed E-state index contributed by atoms with van der Waals surface area (Å²) in [5.74, 6) is 0.615. The summed E-state index contributed by atoms with van der Waals surface area (Å²) < 4.78 is 0. The van der Waals surface area contributed by atoms with Gasteiger partial charge in [-0.05, 0) is 58.9 Å². The number of allylic oxidation sites excluding steroid dienone is 1. The number of nitrogens with zero attached hydrogens (tertiary/aromatic N) is 3. The lowest BCUT2D eigenvalue weighted by Gasteiger charge is -2.35. The lowest BCUT2D eigenvalue weighted by Crippen LogP contribution is -2.39. The van der Waals surface area contributed by atoms with Crippen molar-refractivity contribution in [1.82, 2.24) is 4.90 Å². The van der Waals surface area contributed by atoms with E-state index in [9.17, 15) is 0 Å². The number of hydrogen-bond donors (Lipinski definition) is 0. The summed E-state index contributed by atoms with van der Waals surface area (Å²) in [5, 5.41) is 0. The Kier molecular flexibility index (Phi) is 4.94. The minimum absolute atomic E-state index is 0.156. The summed E-state index contributed by atoms with van der Waals surface area (Å²) >= 11 is 0. The lowest BCUT2D eigenvalue weighted by molar-refractivity contribution is 0.202. The van der Waals surface area contributed by atoms with Gasteiger partial charge in [-0.25, -0.2) is 0 Å². The molecular weight excluding hydrogens is 270 g/mol. The first kappa shape index (κ1) is 16.6. The average Bonchev–Trinajstić information content (AvgIpc) is 2.85. The Morgan fingerprint density at radius 2 is 2.00 bits per heavy atom. The van der Waals surface area contributed by atoms with Crippen LogP contribution in [0, 0.1) is 5.92 Å². The van der Waals surface area contributed by atoms with E-state index in [-0.39, 0.29) is 5.54 Å². The van der Waals surface area contributed by atoms with Crippen LogP contribution in [0.5, 0.6) is 0 Å². The van der Waals surface area contributed by atoms with Gasteiger partial charge in [-0.15, -0.1) is 0 Å². The molecule has 1 unspecified atom stereocenters.